The van der Waals surface area contributed by atoms with E-state index in [0.717, 1.165) is 6.04 Å². The first kappa shape index (κ1) is 17.2. The van der Waals surface area contributed by atoms with Gasteiger partial charge in [0.25, 0.3) is 5.56 Å². The minimum Gasteiger partial charge on any atom is -0.361 e. The summed E-state index contributed by atoms with van der Waals surface area (Å²) in [6.45, 7) is 7.99. The van der Waals surface area contributed by atoms with E-state index in [1.165, 1.54) is 21.4 Å². The molecule has 7 heteroatoms. The van der Waals surface area contributed by atoms with Crippen LogP contribution in [0, 0.1) is 0 Å². The van der Waals surface area contributed by atoms with E-state index in [4.69, 9.17) is 16.3 Å². The van der Waals surface area contributed by atoms with Gasteiger partial charge in [-0.3, -0.25) is 13.9 Å². The number of rotatable bonds is 8. The maximum Gasteiger partial charge on any atom is 0.332 e. The van der Waals surface area contributed by atoms with Crippen molar-refractivity contribution in [2.24, 2.45) is 0 Å². The molecule has 0 aliphatic rings. The van der Waals surface area contributed by atoms with Crippen LogP contribution in [0.2, 0.25) is 25.7 Å². The van der Waals surface area contributed by atoms with E-state index < -0.39 is 8.07 Å². The first-order chi connectivity index (χ1) is 9.35. The van der Waals surface area contributed by atoms with Crippen LogP contribution in [0.5, 0.6) is 0 Å². The molecule has 0 saturated carbocycles. The Morgan fingerprint density at radius 3 is 2.60 bits per heavy atom. The van der Waals surface area contributed by atoms with Gasteiger partial charge in [0.2, 0.25) is 0 Å². The first-order valence-corrected chi connectivity index (χ1v) is 11.0. The average molecular weight is 319 g/mol. The zero-order chi connectivity index (χ0) is 15.2. The quantitative estimate of drug-likeness (QED) is 0.418. The van der Waals surface area contributed by atoms with Crippen molar-refractivity contribution in [3.05, 3.63) is 33.1 Å². The lowest BCUT2D eigenvalue weighted by Crippen LogP contribution is -2.39. The van der Waals surface area contributed by atoms with Crippen molar-refractivity contribution >= 4 is 19.7 Å². The van der Waals surface area contributed by atoms with Gasteiger partial charge in [0, 0.05) is 39.4 Å². The van der Waals surface area contributed by atoms with Crippen molar-refractivity contribution in [2.75, 3.05) is 12.5 Å². The lowest BCUT2D eigenvalue weighted by molar-refractivity contribution is 0.0824. The van der Waals surface area contributed by atoms with Gasteiger partial charge >= 0.3 is 5.69 Å². The van der Waals surface area contributed by atoms with Crippen LogP contribution in [-0.4, -0.2) is 29.7 Å². The molecule has 0 radical (unpaired) electrons. The van der Waals surface area contributed by atoms with Crippen molar-refractivity contribution < 1.29 is 4.74 Å². The van der Waals surface area contributed by atoms with Crippen molar-refractivity contribution in [2.45, 2.75) is 45.4 Å². The Kier molecular flexibility index (Phi) is 6.71. The van der Waals surface area contributed by atoms with E-state index >= 15 is 0 Å². The molecule has 0 saturated heterocycles. The Hall–Kier alpha value is -0.853. The van der Waals surface area contributed by atoms with Gasteiger partial charge < -0.3 is 4.74 Å². The normalized spacial score (nSPS) is 11.8. The van der Waals surface area contributed by atoms with Crippen molar-refractivity contribution in [1.82, 2.24) is 9.13 Å². The molecule has 1 heterocycles. The fraction of sp³-hybridized carbons (Fsp3) is 0.692. The molecule has 0 aromatic carbocycles. The molecular weight excluding hydrogens is 296 g/mol. The second-order valence-corrected chi connectivity index (χ2v) is 11.9. The summed E-state index contributed by atoms with van der Waals surface area (Å²) in [7, 11) is -1.13. The van der Waals surface area contributed by atoms with Crippen molar-refractivity contribution in [1.29, 1.82) is 0 Å². The Bertz CT molecular complexity index is 534. The van der Waals surface area contributed by atoms with E-state index in [0.29, 0.717) is 25.5 Å². The Balaban J connectivity index is 2.67. The number of halogens is 1. The summed E-state index contributed by atoms with van der Waals surface area (Å²) < 4.78 is 8.15. The van der Waals surface area contributed by atoms with Crippen molar-refractivity contribution in [3.63, 3.8) is 0 Å². The second-order valence-electron chi connectivity index (χ2n) is 5.95. The van der Waals surface area contributed by atoms with Gasteiger partial charge in [-0.05, 0) is 12.5 Å². The fourth-order valence-electron chi connectivity index (χ4n) is 1.62. The topological polar surface area (TPSA) is 53.2 Å². The van der Waals surface area contributed by atoms with Crippen LogP contribution in [-0.2, 0) is 18.0 Å². The summed E-state index contributed by atoms with van der Waals surface area (Å²) in [5.41, 5.74) is -0.630. The standard InChI is InChI=1S/C13H23ClN2O3Si/c1-20(2,3)10-9-19-11-15-8-5-12(17)16(13(15)18)7-4-6-14/h5,8H,4,6-7,9-11H2,1-3H3. The van der Waals surface area contributed by atoms with Gasteiger partial charge in [-0.1, -0.05) is 19.6 Å². The van der Waals surface area contributed by atoms with Crippen LogP contribution < -0.4 is 11.2 Å². The summed E-state index contributed by atoms with van der Waals surface area (Å²) in [4.78, 5) is 23.7. The molecular formula is C13H23ClN2O3Si. The van der Waals surface area contributed by atoms with Gasteiger partial charge in [0.15, 0.2) is 0 Å². The molecule has 0 atom stereocenters. The number of hydrogen-bond acceptors (Lipinski definition) is 3. The molecule has 0 aliphatic carbocycles. The second kappa shape index (κ2) is 7.80. The zero-order valence-electron chi connectivity index (χ0n) is 12.4. The van der Waals surface area contributed by atoms with Crippen LogP contribution >= 0.6 is 11.6 Å². The Morgan fingerprint density at radius 2 is 2.00 bits per heavy atom. The lowest BCUT2D eigenvalue weighted by atomic mass is 10.4. The predicted octanol–water partition coefficient (Wildman–Crippen LogP) is 1.95. The molecule has 5 nitrogen and oxygen atoms in total. The maximum absolute atomic E-state index is 12.1. The van der Waals surface area contributed by atoms with Crippen molar-refractivity contribution in [3.8, 4) is 0 Å². The molecule has 0 amide bonds. The van der Waals surface area contributed by atoms with E-state index in [-0.39, 0.29) is 18.0 Å². The lowest BCUT2D eigenvalue weighted by Gasteiger charge is -2.16. The third-order valence-electron chi connectivity index (χ3n) is 2.88. The molecule has 20 heavy (non-hydrogen) atoms. The average Bonchev–Trinajstić information content (AvgIpc) is 2.35. The summed E-state index contributed by atoms with van der Waals surface area (Å²) in [6, 6.07) is 2.44. The van der Waals surface area contributed by atoms with Gasteiger partial charge in [-0.15, -0.1) is 11.6 Å². The monoisotopic (exact) mass is 318 g/mol. The number of aromatic nitrogens is 2. The van der Waals surface area contributed by atoms with E-state index in [1.54, 1.807) is 0 Å². The highest BCUT2D eigenvalue weighted by molar-refractivity contribution is 6.76. The molecule has 1 rings (SSSR count). The Labute approximate surface area is 125 Å². The largest absolute Gasteiger partial charge is 0.361 e. The highest BCUT2D eigenvalue weighted by Gasteiger charge is 2.12. The minimum atomic E-state index is -1.13. The smallest absolute Gasteiger partial charge is 0.332 e. The zero-order valence-corrected chi connectivity index (χ0v) is 14.2. The van der Waals surface area contributed by atoms with Crippen LogP contribution in [0.25, 0.3) is 0 Å². The van der Waals surface area contributed by atoms with E-state index in [9.17, 15) is 9.59 Å². The fourth-order valence-corrected chi connectivity index (χ4v) is 2.50. The number of nitrogens with zero attached hydrogens (tertiary/aromatic N) is 2. The summed E-state index contributed by atoms with van der Waals surface area (Å²) in [5.74, 6) is 0.424. The van der Waals surface area contributed by atoms with Gasteiger partial charge in [0.1, 0.15) is 6.73 Å². The van der Waals surface area contributed by atoms with E-state index in [2.05, 4.69) is 19.6 Å². The maximum atomic E-state index is 12.1. The molecule has 0 spiro atoms. The Morgan fingerprint density at radius 1 is 1.30 bits per heavy atom. The predicted molar refractivity (Wildman–Crippen MR) is 84.4 cm³/mol. The van der Waals surface area contributed by atoms with Gasteiger partial charge in [-0.2, -0.15) is 0 Å². The molecule has 0 bridgehead atoms. The minimum absolute atomic E-state index is 0.185. The first-order valence-electron chi connectivity index (χ1n) is 6.79. The number of alkyl halides is 1. The SMILES string of the molecule is C[Si](C)(C)CCOCn1ccc(=O)n(CCCCl)c1=O. The van der Waals surface area contributed by atoms with E-state index in [1.807, 2.05) is 0 Å². The highest BCUT2D eigenvalue weighted by atomic mass is 35.5. The molecule has 114 valence electrons. The summed E-state index contributed by atoms with van der Waals surface area (Å²) in [6.07, 6.45) is 2.08. The molecule has 1 aromatic heterocycles. The number of hydrogen-bond donors (Lipinski definition) is 0. The van der Waals surface area contributed by atoms with Crippen LogP contribution in [0.4, 0.5) is 0 Å². The van der Waals surface area contributed by atoms with Gasteiger partial charge in [-0.25, -0.2) is 4.79 Å². The van der Waals surface area contributed by atoms with Crippen LogP contribution in [0.15, 0.2) is 21.9 Å². The molecule has 1 aromatic rings. The van der Waals surface area contributed by atoms with Crippen LogP contribution in [0.3, 0.4) is 0 Å². The summed E-state index contributed by atoms with van der Waals surface area (Å²) in [5, 5.41) is 0. The third-order valence-corrected chi connectivity index (χ3v) is 4.85. The molecule has 0 fully saturated rings. The highest BCUT2D eigenvalue weighted by Crippen LogP contribution is 2.07. The van der Waals surface area contributed by atoms with Crippen LogP contribution in [0.1, 0.15) is 6.42 Å². The molecule has 0 unspecified atom stereocenters. The summed E-state index contributed by atoms with van der Waals surface area (Å²) >= 11 is 5.60. The molecule has 0 aliphatic heterocycles. The third kappa shape index (κ3) is 5.64. The van der Waals surface area contributed by atoms with Gasteiger partial charge in [0.05, 0.1) is 0 Å². The number of ether oxygens (including phenoxy) is 1. The molecule has 0 N–H and O–H groups in total.